The quantitative estimate of drug-likeness (QED) is 0.844. The van der Waals surface area contributed by atoms with Crippen LogP contribution in [0.1, 0.15) is 11.1 Å². The minimum absolute atomic E-state index is 0.168. The van der Waals surface area contributed by atoms with Crippen molar-refractivity contribution in [1.82, 2.24) is 5.32 Å². The van der Waals surface area contributed by atoms with Crippen LogP contribution in [0, 0.1) is 12.7 Å². The second-order valence-electron chi connectivity index (χ2n) is 5.01. The van der Waals surface area contributed by atoms with Crippen molar-refractivity contribution in [2.45, 2.75) is 13.3 Å². The summed E-state index contributed by atoms with van der Waals surface area (Å²) in [6.45, 7) is 1.96. The molecular weight excluding hydrogens is 319 g/mol. The summed E-state index contributed by atoms with van der Waals surface area (Å²) in [6.07, 6.45) is 0.307. The van der Waals surface area contributed by atoms with Crippen molar-refractivity contribution in [3.63, 3.8) is 0 Å². The lowest BCUT2D eigenvalue weighted by atomic mass is 10.1. The van der Waals surface area contributed by atoms with Gasteiger partial charge in [-0.3, -0.25) is 9.59 Å². The molecule has 0 aliphatic rings. The third-order valence-corrected chi connectivity index (χ3v) is 3.53. The van der Waals surface area contributed by atoms with E-state index in [-0.39, 0.29) is 12.4 Å². The molecule has 0 unspecified atom stereocenters. The van der Waals surface area contributed by atoms with Gasteiger partial charge < -0.3 is 10.6 Å². The van der Waals surface area contributed by atoms with Crippen molar-refractivity contribution in [3.05, 3.63) is 64.4 Å². The molecule has 0 aliphatic carbocycles. The smallest absolute Gasteiger partial charge is 0.313 e. The number of nitrogens with one attached hydrogen (secondary N) is 2. The Labute approximate surface area is 138 Å². The van der Waals surface area contributed by atoms with Gasteiger partial charge in [0.05, 0.1) is 0 Å². The topological polar surface area (TPSA) is 58.2 Å². The Balaban J connectivity index is 1.87. The maximum Gasteiger partial charge on any atom is 0.313 e. The summed E-state index contributed by atoms with van der Waals surface area (Å²) >= 11 is 5.86. The SMILES string of the molecule is Cc1ccc(Cl)cc1NC(=O)C(=O)NCCc1ccccc1F. The molecule has 0 bridgehead atoms. The van der Waals surface area contributed by atoms with Crippen LogP contribution in [0.15, 0.2) is 42.5 Å². The van der Waals surface area contributed by atoms with Crippen LogP contribution in [0.3, 0.4) is 0 Å². The third-order valence-electron chi connectivity index (χ3n) is 3.29. The lowest BCUT2D eigenvalue weighted by molar-refractivity contribution is -0.136. The molecule has 2 amide bonds. The highest BCUT2D eigenvalue weighted by molar-refractivity contribution is 6.40. The Morgan fingerprint density at radius 1 is 1.13 bits per heavy atom. The van der Waals surface area contributed by atoms with Crippen LogP contribution in [0.4, 0.5) is 10.1 Å². The van der Waals surface area contributed by atoms with Crippen LogP contribution >= 0.6 is 11.6 Å². The van der Waals surface area contributed by atoms with Crippen molar-refractivity contribution in [2.75, 3.05) is 11.9 Å². The van der Waals surface area contributed by atoms with Crippen LogP contribution < -0.4 is 10.6 Å². The van der Waals surface area contributed by atoms with Gasteiger partial charge in [0.25, 0.3) is 0 Å². The highest BCUT2D eigenvalue weighted by Crippen LogP contribution is 2.19. The number of hydrogen-bond donors (Lipinski definition) is 2. The highest BCUT2D eigenvalue weighted by atomic mass is 35.5. The number of hydrogen-bond acceptors (Lipinski definition) is 2. The lowest BCUT2D eigenvalue weighted by Crippen LogP contribution is -2.36. The van der Waals surface area contributed by atoms with Gasteiger partial charge in [-0.05, 0) is 42.7 Å². The Kier molecular flexibility index (Phi) is 5.71. The molecule has 0 radical (unpaired) electrons. The Hall–Kier alpha value is -2.40. The molecule has 0 saturated carbocycles. The standard InChI is InChI=1S/C17H16ClFN2O2/c1-11-6-7-13(18)10-15(11)21-17(23)16(22)20-9-8-12-4-2-3-5-14(12)19/h2-7,10H,8-9H2,1H3,(H,20,22)(H,21,23). The number of halogens is 2. The van der Waals surface area contributed by atoms with E-state index in [0.717, 1.165) is 5.56 Å². The molecule has 4 nitrogen and oxygen atoms in total. The summed E-state index contributed by atoms with van der Waals surface area (Å²) in [6, 6.07) is 11.3. The number of amides is 2. The van der Waals surface area contributed by atoms with E-state index in [1.807, 2.05) is 0 Å². The van der Waals surface area contributed by atoms with E-state index in [9.17, 15) is 14.0 Å². The zero-order chi connectivity index (χ0) is 16.8. The summed E-state index contributed by atoms with van der Waals surface area (Å²) in [7, 11) is 0. The maximum absolute atomic E-state index is 13.4. The molecule has 2 N–H and O–H groups in total. The van der Waals surface area contributed by atoms with E-state index in [0.29, 0.717) is 22.7 Å². The second-order valence-corrected chi connectivity index (χ2v) is 5.45. The van der Waals surface area contributed by atoms with E-state index in [1.54, 1.807) is 43.3 Å². The van der Waals surface area contributed by atoms with E-state index < -0.39 is 11.8 Å². The van der Waals surface area contributed by atoms with Crippen LogP contribution in [-0.2, 0) is 16.0 Å². The predicted octanol–water partition coefficient (Wildman–Crippen LogP) is 3.08. The first-order chi connectivity index (χ1) is 11.0. The third kappa shape index (κ3) is 4.79. The van der Waals surface area contributed by atoms with E-state index in [4.69, 9.17) is 11.6 Å². The molecule has 23 heavy (non-hydrogen) atoms. The minimum atomic E-state index is -0.788. The Bertz CT molecular complexity index is 734. The summed E-state index contributed by atoms with van der Waals surface area (Å²) < 4.78 is 13.4. The molecule has 6 heteroatoms. The summed E-state index contributed by atoms with van der Waals surface area (Å²) in [5, 5.41) is 5.43. The van der Waals surface area contributed by atoms with Crippen molar-refractivity contribution < 1.29 is 14.0 Å². The zero-order valence-corrected chi connectivity index (χ0v) is 13.3. The molecule has 120 valence electrons. The molecule has 0 aromatic heterocycles. The van der Waals surface area contributed by atoms with Gasteiger partial charge in [-0.1, -0.05) is 35.9 Å². The fourth-order valence-electron chi connectivity index (χ4n) is 2.00. The number of carbonyl (C=O) groups is 2. The Morgan fingerprint density at radius 3 is 2.61 bits per heavy atom. The summed E-state index contributed by atoms with van der Waals surface area (Å²) in [5.74, 6) is -1.90. The van der Waals surface area contributed by atoms with Crippen molar-refractivity contribution in [3.8, 4) is 0 Å². The van der Waals surface area contributed by atoms with Crippen molar-refractivity contribution >= 4 is 29.1 Å². The van der Waals surface area contributed by atoms with Crippen LogP contribution in [0.2, 0.25) is 5.02 Å². The molecule has 2 rings (SSSR count). The van der Waals surface area contributed by atoms with Gasteiger partial charge >= 0.3 is 11.8 Å². The van der Waals surface area contributed by atoms with Gasteiger partial charge in [-0.15, -0.1) is 0 Å². The van der Waals surface area contributed by atoms with Crippen LogP contribution in [-0.4, -0.2) is 18.4 Å². The first-order valence-corrected chi connectivity index (χ1v) is 7.44. The first kappa shape index (κ1) is 17.0. The van der Waals surface area contributed by atoms with Gasteiger partial charge in [0.2, 0.25) is 0 Å². The molecule has 0 spiro atoms. The number of rotatable bonds is 4. The van der Waals surface area contributed by atoms with Crippen LogP contribution in [0.25, 0.3) is 0 Å². The Morgan fingerprint density at radius 2 is 1.87 bits per heavy atom. The number of aryl methyl sites for hydroxylation is 1. The average Bonchev–Trinajstić information content (AvgIpc) is 2.52. The van der Waals surface area contributed by atoms with Crippen molar-refractivity contribution in [1.29, 1.82) is 0 Å². The average molecular weight is 335 g/mol. The van der Waals surface area contributed by atoms with Crippen LogP contribution in [0.5, 0.6) is 0 Å². The minimum Gasteiger partial charge on any atom is -0.347 e. The maximum atomic E-state index is 13.4. The second kappa shape index (κ2) is 7.74. The number of anilines is 1. The molecule has 0 aliphatic heterocycles. The zero-order valence-electron chi connectivity index (χ0n) is 12.5. The molecule has 0 fully saturated rings. The number of carbonyl (C=O) groups excluding carboxylic acids is 2. The normalized spacial score (nSPS) is 10.2. The fourth-order valence-corrected chi connectivity index (χ4v) is 2.17. The molecular formula is C17H16ClFN2O2. The highest BCUT2D eigenvalue weighted by Gasteiger charge is 2.14. The van der Waals surface area contributed by atoms with Crippen molar-refractivity contribution in [2.24, 2.45) is 0 Å². The van der Waals surface area contributed by atoms with E-state index in [2.05, 4.69) is 10.6 Å². The molecule has 2 aromatic carbocycles. The summed E-state index contributed by atoms with van der Waals surface area (Å²) in [4.78, 5) is 23.6. The summed E-state index contributed by atoms with van der Waals surface area (Å²) in [5.41, 5.74) is 1.76. The predicted molar refractivity (Wildman–Crippen MR) is 87.9 cm³/mol. The molecule has 0 saturated heterocycles. The fraction of sp³-hybridized carbons (Fsp3) is 0.176. The number of benzene rings is 2. The van der Waals surface area contributed by atoms with Gasteiger partial charge in [-0.2, -0.15) is 0 Å². The molecule has 2 aromatic rings. The lowest BCUT2D eigenvalue weighted by Gasteiger charge is -2.09. The van der Waals surface area contributed by atoms with Gasteiger partial charge in [-0.25, -0.2) is 4.39 Å². The van der Waals surface area contributed by atoms with Gasteiger partial charge in [0.15, 0.2) is 0 Å². The molecule has 0 heterocycles. The molecule has 0 atom stereocenters. The van der Waals surface area contributed by atoms with Gasteiger partial charge in [0, 0.05) is 17.3 Å². The van der Waals surface area contributed by atoms with Gasteiger partial charge in [0.1, 0.15) is 5.82 Å². The van der Waals surface area contributed by atoms with E-state index >= 15 is 0 Å². The largest absolute Gasteiger partial charge is 0.347 e. The monoisotopic (exact) mass is 334 g/mol. The van der Waals surface area contributed by atoms with E-state index in [1.165, 1.54) is 6.07 Å². The first-order valence-electron chi connectivity index (χ1n) is 7.06.